The summed E-state index contributed by atoms with van der Waals surface area (Å²) in [6.45, 7) is 5.92. The molecule has 0 aliphatic carbocycles. The van der Waals surface area contributed by atoms with E-state index in [0.29, 0.717) is 52.6 Å². The summed E-state index contributed by atoms with van der Waals surface area (Å²) in [6, 6.07) is 16.2. The van der Waals surface area contributed by atoms with Crippen LogP contribution in [0.2, 0.25) is 0 Å². The van der Waals surface area contributed by atoms with E-state index in [1.807, 2.05) is 46.3 Å². The minimum atomic E-state index is 0.0850. The maximum atomic E-state index is 13.1. The van der Waals surface area contributed by atoms with Crippen LogP contribution in [0.4, 0.5) is 0 Å². The van der Waals surface area contributed by atoms with E-state index in [2.05, 4.69) is 22.8 Å². The lowest BCUT2D eigenvalue weighted by Crippen LogP contribution is -2.40. The van der Waals surface area contributed by atoms with Crippen molar-refractivity contribution in [2.45, 2.75) is 25.8 Å². The molecule has 0 radical (unpaired) electrons. The molecule has 7 heteroatoms. The third-order valence-corrected chi connectivity index (χ3v) is 6.93. The Morgan fingerprint density at radius 3 is 2.06 bits per heavy atom. The van der Waals surface area contributed by atoms with Crippen molar-refractivity contribution < 1.29 is 19.1 Å². The molecule has 2 aliphatic rings. The van der Waals surface area contributed by atoms with E-state index in [0.717, 1.165) is 47.8 Å². The summed E-state index contributed by atoms with van der Waals surface area (Å²) in [5, 5.41) is 1.02. The van der Waals surface area contributed by atoms with Crippen molar-refractivity contribution >= 4 is 22.7 Å². The first-order valence-electron chi connectivity index (χ1n) is 12.6. The second kappa shape index (κ2) is 11.1. The highest BCUT2D eigenvalue weighted by Crippen LogP contribution is 2.24. The average Bonchev–Trinajstić information content (AvgIpc) is 3.30. The third kappa shape index (κ3) is 5.41. The highest BCUT2D eigenvalue weighted by atomic mass is 16.5. The van der Waals surface area contributed by atoms with Crippen molar-refractivity contribution in [1.29, 1.82) is 0 Å². The van der Waals surface area contributed by atoms with E-state index in [1.165, 1.54) is 5.56 Å². The van der Waals surface area contributed by atoms with Crippen LogP contribution in [0.1, 0.15) is 39.1 Å². The lowest BCUT2D eigenvalue weighted by atomic mass is 10.1. The monoisotopic (exact) mass is 475 g/mol. The zero-order chi connectivity index (χ0) is 24.0. The van der Waals surface area contributed by atoms with E-state index in [9.17, 15) is 9.59 Å². The molecule has 2 saturated heterocycles. The number of unbranched alkanes of at least 4 members (excludes halogenated alkanes) is 1. The second-order valence-electron chi connectivity index (χ2n) is 9.22. The highest BCUT2D eigenvalue weighted by Gasteiger charge is 2.22. The van der Waals surface area contributed by atoms with E-state index in [-0.39, 0.29) is 11.8 Å². The Balaban J connectivity index is 1.17. The molecule has 0 atom stereocenters. The Bertz CT molecular complexity index is 1160. The van der Waals surface area contributed by atoms with Crippen molar-refractivity contribution in [3.8, 4) is 0 Å². The van der Waals surface area contributed by atoms with Gasteiger partial charge in [-0.25, -0.2) is 0 Å². The van der Waals surface area contributed by atoms with Gasteiger partial charge in [0.1, 0.15) is 0 Å². The SMILES string of the molecule is O=C(c1ccc(CCCCn2cc(C(=O)N3CCOCC3)c3ccccc32)cc1)N1CCOCC1. The number of aryl methyl sites for hydroxylation is 2. The molecule has 2 aromatic carbocycles. The van der Waals surface area contributed by atoms with Gasteiger partial charge in [-0.3, -0.25) is 9.59 Å². The lowest BCUT2D eigenvalue weighted by molar-refractivity contribution is 0.0302. The van der Waals surface area contributed by atoms with Crippen molar-refractivity contribution in [2.24, 2.45) is 0 Å². The molecule has 3 aromatic rings. The second-order valence-corrected chi connectivity index (χ2v) is 9.22. The van der Waals surface area contributed by atoms with Crippen LogP contribution in [0.25, 0.3) is 10.9 Å². The number of para-hydroxylation sites is 1. The molecule has 2 aliphatic heterocycles. The minimum Gasteiger partial charge on any atom is -0.378 e. The molecule has 1 aromatic heterocycles. The molecular formula is C28H33N3O4. The number of fused-ring (bicyclic) bond motifs is 1. The van der Waals surface area contributed by atoms with Crippen LogP contribution in [0.5, 0.6) is 0 Å². The van der Waals surface area contributed by atoms with E-state index < -0.39 is 0 Å². The van der Waals surface area contributed by atoms with Gasteiger partial charge in [-0.1, -0.05) is 30.3 Å². The Morgan fingerprint density at radius 1 is 0.743 bits per heavy atom. The van der Waals surface area contributed by atoms with E-state index >= 15 is 0 Å². The van der Waals surface area contributed by atoms with Crippen LogP contribution in [-0.2, 0) is 22.4 Å². The summed E-state index contributed by atoms with van der Waals surface area (Å²) in [4.78, 5) is 29.5. The number of rotatable bonds is 7. The Morgan fingerprint density at radius 2 is 1.37 bits per heavy atom. The Labute approximate surface area is 206 Å². The fourth-order valence-corrected chi connectivity index (χ4v) is 4.91. The van der Waals surface area contributed by atoms with Crippen LogP contribution in [-0.4, -0.2) is 78.8 Å². The van der Waals surface area contributed by atoms with Crippen LogP contribution in [0.15, 0.2) is 54.7 Å². The van der Waals surface area contributed by atoms with E-state index in [1.54, 1.807) is 0 Å². The van der Waals surface area contributed by atoms with Gasteiger partial charge < -0.3 is 23.8 Å². The van der Waals surface area contributed by atoms with Gasteiger partial charge in [0.25, 0.3) is 11.8 Å². The summed E-state index contributed by atoms with van der Waals surface area (Å²) in [7, 11) is 0. The summed E-state index contributed by atoms with van der Waals surface area (Å²) < 4.78 is 13.0. The van der Waals surface area contributed by atoms with Gasteiger partial charge in [0, 0.05) is 55.4 Å². The van der Waals surface area contributed by atoms with Gasteiger partial charge >= 0.3 is 0 Å². The molecule has 0 bridgehead atoms. The highest BCUT2D eigenvalue weighted by molar-refractivity contribution is 6.07. The van der Waals surface area contributed by atoms with Gasteiger partial charge in [-0.05, 0) is 43.0 Å². The number of ether oxygens (including phenoxy) is 2. The molecule has 35 heavy (non-hydrogen) atoms. The third-order valence-electron chi connectivity index (χ3n) is 6.93. The number of morpholine rings is 2. The quantitative estimate of drug-likeness (QED) is 0.490. The molecule has 3 heterocycles. The molecule has 0 saturated carbocycles. The molecule has 184 valence electrons. The molecule has 5 rings (SSSR count). The molecule has 0 unspecified atom stereocenters. The summed E-state index contributed by atoms with van der Waals surface area (Å²) in [5.74, 6) is 0.178. The zero-order valence-electron chi connectivity index (χ0n) is 20.2. The topological polar surface area (TPSA) is 64.0 Å². The minimum absolute atomic E-state index is 0.0850. The average molecular weight is 476 g/mol. The normalized spacial score (nSPS) is 16.6. The van der Waals surface area contributed by atoms with Crippen molar-refractivity contribution in [3.05, 3.63) is 71.4 Å². The van der Waals surface area contributed by atoms with Gasteiger partial charge in [-0.2, -0.15) is 0 Å². The maximum absolute atomic E-state index is 13.1. The first kappa shape index (κ1) is 23.6. The van der Waals surface area contributed by atoms with Crippen molar-refractivity contribution in [1.82, 2.24) is 14.4 Å². The van der Waals surface area contributed by atoms with Crippen LogP contribution >= 0.6 is 0 Å². The lowest BCUT2D eigenvalue weighted by Gasteiger charge is -2.26. The smallest absolute Gasteiger partial charge is 0.256 e. The molecule has 2 amide bonds. The fourth-order valence-electron chi connectivity index (χ4n) is 4.91. The molecule has 7 nitrogen and oxygen atoms in total. The van der Waals surface area contributed by atoms with Crippen molar-refractivity contribution in [2.75, 3.05) is 52.6 Å². The van der Waals surface area contributed by atoms with Crippen LogP contribution in [0.3, 0.4) is 0 Å². The number of aromatic nitrogens is 1. The van der Waals surface area contributed by atoms with Gasteiger partial charge in [-0.15, -0.1) is 0 Å². The standard InChI is InChI=1S/C28H33N3O4/c32-27(29-13-17-34-18-14-29)23-10-8-22(9-11-23)5-3-4-12-31-21-25(24-6-1-2-7-26(24)31)28(33)30-15-19-35-20-16-30/h1-2,6-11,21H,3-5,12-20H2. The summed E-state index contributed by atoms with van der Waals surface area (Å²) in [5.41, 5.74) is 3.87. The van der Waals surface area contributed by atoms with Gasteiger partial charge in [0.05, 0.1) is 32.0 Å². The number of amides is 2. The predicted molar refractivity (Wildman–Crippen MR) is 135 cm³/mol. The molecule has 2 fully saturated rings. The first-order valence-corrected chi connectivity index (χ1v) is 12.6. The number of benzene rings is 2. The zero-order valence-corrected chi connectivity index (χ0v) is 20.2. The van der Waals surface area contributed by atoms with Gasteiger partial charge in [0.15, 0.2) is 0 Å². The maximum Gasteiger partial charge on any atom is 0.256 e. The number of nitrogens with zero attached hydrogens (tertiary/aromatic N) is 3. The van der Waals surface area contributed by atoms with E-state index in [4.69, 9.17) is 9.47 Å². The van der Waals surface area contributed by atoms with Crippen LogP contribution < -0.4 is 0 Å². The van der Waals surface area contributed by atoms with Crippen molar-refractivity contribution in [3.63, 3.8) is 0 Å². The molecule has 0 N–H and O–H groups in total. The van der Waals surface area contributed by atoms with Gasteiger partial charge in [0.2, 0.25) is 0 Å². The number of carbonyl (C=O) groups excluding carboxylic acids is 2. The Kier molecular flexibility index (Phi) is 7.45. The molecular weight excluding hydrogens is 442 g/mol. The number of hydrogen-bond donors (Lipinski definition) is 0. The largest absolute Gasteiger partial charge is 0.378 e. The summed E-state index contributed by atoms with van der Waals surface area (Å²) in [6.07, 6.45) is 5.04. The fraction of sp³-hybridized carbons (Fsp3) is 0.429. The predicted octanol–water partition coefficient (Wildman–Crippen LogP) is 3.61. The molecule has 0 spiro atoms. The van der Waals surface area contributed by atoms with Crippen LogP contribution in [0, 0.1) is 0 Å². The number of carbonyl (C=O) groups is 2. The Hall–Kier alpha value is -3.16. The number of hydrogen-bond acceptors (Lipinski definition) is 4. The first-order chi connectivity index (χ1) is 17.2. The summed E-state index contributed by atoms with van der Waals surface area (Å²) >= 11 is 0.